The molecule has 0 aliphatic carbocycles. The first kappa shape index (κ1) is 16.0. The summed E-state index contributed by atoms with van der Waals surface area (Å²) in [4.78, 5) is 16.8. The molecule has 2 aromatic heterocycles. The van der Waals surface area contributed by atoms with Crippen molar-refractivity contribution < 1.29 is 14.3 Å². The zero-order chi connectivity index (χ0) is 16.2. The molecule has 5 nitrogen and oxygen atoms in total. The summed E-state index contributed by atoms with van der Waals surface area (Å²) in [5.74, 6) is 0.378. The maximum absolute atomic E-state index is 12.3. The highest BCUT2D eigenvalue weighted by molar-refractivity contribution is 8.02. The van der Waals surface area contributed by atoms with Gasteiger partial charge in [0, 0.05) is 0 Å². The van der Waals surface area contributed by atoms with Crippen molar-refractivity contribution in [3.63, 3.8) is 0 Å². The van der Waals surface area contributed by atoms with Gasteiger partial charge < -0.3 is 14.8 Å². The number of carbonyl (C=O) groups excluding carboxylic acids is 1. The van der Waals surface area contributed by atoms with Crippen LogP contribution in [0.3, 0.4) is 0 Å². The van der Waals surface area contributed by atoms with Crippen LogP contribution < -0.4 is 5.32 Å². The largest absolute Gasteiger partial charge is 0.467 e. The summed E-state index contributed by atoms with van der Waals surface area (Å²) in [6, 6.07) is 10.8. The monoisotopic (exact) mass is 348 g/mol. The van der Waals surface area contributed by atoms with Gasteiger partial charge >= 0.3 is 0 Å². The van der Waals surface area contributed by atoms with Crippen molar-refractivity contribution in [1.82, 2.24) is 10.3 Å². The van der Waals surface area contributed by atoms with Gasteiger partial charge in [-0.05, 0) is 31.2 Å². The summed E-state index contributed by atoms with van der Waals surface area (Å²) < 4.78 is 7.19. The molecule has 0 spiro atoms. The average molecular weight is 348 g/mol. The molecule has 2 unspecified atom stereocenters. The molecule has 0 fully saturated rings. The van der Waals surface area contributed by atoms with E-state index in [4.69, 9.17) is 4.42 Å². The molecule has 1 aromatic carbocycles. The first-order chi connectivity index (χ1) is 11.2. The van der Waals surface area contributed by atoms with Gasteiger partial charge in [-0.3, -0.25) is 4.79 Å². The van der Waals surface area contributed by atoms with E-state index in [0.717, 1.165) is 14.6 Å². The minimum Gasteiger partial charge on any atom is -0.467 e. The van der Waals surface area contributed by atoms with Crippen LogP contribution >= 0.6 is 23.1 Å². The highest BCUT2D eigenvalue weighted by Gasteiger charge is 2.22. The normalized spacial score (nSPS) is 13.8. The van der Waals surface area contributed by atoms with Crippen molar-refractivity contribution in [3.05, 3.63) is 48.4 Å². The molecule has 3 aromatic rings. The van der Waals surface area contributed by atoms with Crippen LogP contribution in [0.15, 0.2) is 51.4 Å². The molecule has 7 heteroatoms. The Labute approximate surface area is 141 Å². The Morgan fingerprint density at radius 2 is 2.22 bits per heavy atom. The Hall–Kier alpha value is -1.83. The Morgan fingerprint density at radius 3 is 2.91 bits per heavy atom. The summed E-state index contributed by atoms with van der Waals surface area (Å²) in [6.45, 7) is 1.61. The average Bonchev–Trinajstić information content (AvgIpc) is 3.20. The summed E-state index contributed by atoms with van der Waals surface area (Å²) in [5, 5.41) is 11.9. The van der Waals surface area contributed by atoms with E-state index < -0.39 is 6.04 Å². The number of aliphatic hydroxyl groups is 1. The van der Waals surface area contributed by atoms with Crippen molar-refractivity contribution in [2.75, 3.05) is 6.61 Å². The van der Waals surface area contributed by atoms with Gasteiger partial charge in [0.1, 0.15) is 11.8 Å². The molecule has 1 amide bonds. The number of aromatic nitrogens is 1. The van der Waals surface area contributed by atoms with E-state index in [0.29, 0.717) is 5.76 Å². The van der Waals surface area contributed by atoms with E-state index >= 15 is 0 Å². The van der Waals surface area contributed by atoms with E-state index in [9.17, 15) is 9.90 Å². The Bertz CT molecular complexity index is 753. The number of thiazole rings is 1. The third-order valence-corrected chi connectivity index (χ3v) is 5.54. The molecule has 2 heterocycles. The predicted octanol–water partition coefficient (Wildman–Crippen LogP) is 3.22. The quantitative estimate of drug-likeness (QED) is 0.669. The molecule has 0 radical (unpaired) electrons. The van der Waals surface area contributed by atoms with Gasteiger partial charge in [0.25, 0.3) is 0 Å². The van der Waals surface area contributed by atoms with E-state index in [-0.39, 0.29) is 17.8 Å². The summed E-state index contributed by atoms with van der Waals surface area (Å²) >= 11 is 2.98. The van der Waals surface area contributed by atoms with Gasteiger partial charge in [-0.25, -0.2) is 4.98 Å². The minimum atomic E-state index is -0.532. The number of carbonyl (C=O) groups is 1. The SMILES string of the molecule is CC(Sc1nc2ccccc2s1)C(=O)NC(CO)c1ccco1. The highest BCUT2D eigenvalue weighted by Crippen LogP contribution is 2.32. The molecule has 0 aliphatic rings. The summed E-state index contributed by atoms with van der Waals surface area (Å²) in [6.07, 6.45) is 1.52. The Balaban J connectivity index is 1.65. The molecule has 0 bridgehead atoms. The van der Waals surface area contributed by atoms with Crippen LogP contribution in [0, 0.1) is 0 Å². The number of amides is 1. The van der Waals surface area contributed by atoms with Crippen LogP contribution in [0.25, 0.3) is 10.2 Å². The third kappa shape index (κ3) is 3.74. The number of para-hydroxylation sites is 1. The lowest BCUT2D eigenvalue weighted by molar-refractivity contribution is -0.121. The van der Waals surface area contributed by atoms with Crippen molar-refractivity contribution in [3.8, 4) is 0 Å². The van der Waals surface area contributed by atoms with Crippen LogP contribution in [0.2, 0.25) is 0 Å². The zero-order valence-electron chi connectivity index (χ0n) is 12.4. The number of hydrogen-bond donors (Lipinski definition) is 2. The number of rotatable bonds is 6. The van der Waals surface area contributed by atoms with E-state index in [1.807, 2.05) is 31.2 Å². The van der Waals surface area contributed by atoms with Gasteiger partial charge in [-0.2, -0.15) is 0 Å². The molecule has 2 N–H and O–H groups in total. The molecule has 0 aliphatic heterocycles. The van der Waals surface area contributed by atoms with Gasteiger partial charge in [0.05, 0.1) is 28.3 Å². The van der Waals surface area contributed by atoms with Crippen molar-refractivity contribution in [2.24, 2.45) is 0 Å². The van der Waals surface area contributed by atoms with E-state index in [2.05, 4.69) is 10.3 Å². The molecule has 2 atom stereocenters. The predicted molar refractivity (Wildman–Crippen MR) is 91.6 cm³/mol. The van der Waals surface area contributed by atoms with E-state index in [1.54, 1.807) is 23.5 Å². The minimum absolute atomic E-state index is 0.162. The van der Waals surface area contributed by atoms with Crippen LogP contribution in [0.5, 0.6) is 0 Å². The number of benzene rings is 1. The molecule has 120 valence electrons. The standard InChI is InChI=1S/C16H16N2O3S2/c1-10(15(20)17-12(9-19)13-6-4-8-21-13)22-16-18-11-5-2-3-7-14(11)23-16/h2-8,10,12,19H,9H2,1H3,(H,17,20). The van der Waals surface area contributed by atoms with Crippen LogP contribution in [0.4, 0.5) is 0 Å². The van der Waals surface area contributed by atoms with Crippen LogP contribution in [0.1, 0.15) is 18.7 Å². The third-order valence-electron chi connectivity index (χ3n) is 3.31. The van der Waals surface area contributed by atoms with Gasteiger partial charge in [0.15, 0.2) is 4.34 Å². The maximum atomic E-state index is 12.3. The molecule has 0 saturated carbocycles. The van der Waals surface area contributed by atoms with Gasteiger partial charge in [-0.15, -0.1) is 11.3 Å². The molecule has 3 rings (SSSR count). The summed E-state index contributed by atoms with van der Waals surface area (Å²) in [5.41, 5.74) is 0.941. The number of hydrogen-bond acceptors (Lipinski definition) is 6. The zero-order valence-corrected chi connectivity index (χ0v) is 14.1. The van der Waals surface area contributed by atoms with Crippen molar-refractivity contribution in [1.29, 1.82) is 0 Å². The number of nitrogens with zero attached hydrogens (tertiary/aromatic N) is 1. The molecular formula is C16H16N2O3S2. The van der Waals surface area contributed by atoms with Crippen molar-refractivity contribution >= 4 is 39.2 Å². The molecular weight excluding hydrogens is 332 g/mol. The fourth-order valence-electron chi connectivity index (χ4n) is 2.09. The lowest BCUT2D eigenvalue weighted by atomic mass is 10.2. The smallest absolute Gasteiger partial charge is 0.233 e. The molecule has 23 heavy (non-hydrogen) atoms. The van der Waals surface area contributed by atoms with Gasteiger partial charge in [-0.1, -0.05) is 23.9 Å². The van der Waals surface area contributed by atoms with Crippen LogP contribution in [-0.2, 0) is 4.79 Å². The highest BCUT2D eigenvalue weighted by atomic mass is 32.2. The second kappa shape index (κ2) is 7.16. The lowest BCUT2D eigenvalue weighted by Gasteiger charge is -2.16. The Morgan fingerprint density at radius 1 is 1.39 bits per heavy atom. The van der Waals surface area contributed by atoms with Crippen molar-refractivity contribution in [2.45, 2.75) is 22.6 Å². The Kier molecular flexibility index (Phi) is 5.00. The second-order valence-electron chi connectivity index (χ2n) is 4.97. The van der Waals surface area contributed by atoms with Gasteiger partial charge in [0.2, 0.25) is 5.91 Å². The fourth-order valence-corrected chi connectivity index (χ4v) is 4.31. The maximum Gasteiger partial charge on any atom is 0.233 e. The topological polar surface area (TPSA) is 75.4 Å². The number of thioether (sulfide) groups is 1. The first-order valence-corrected chi connectivity index (χ1v) is 8.84. The number of nitrogens with one attached hydrogen (secondary N) is 1. The number of fused-ring (bicyclic) bond motifs is 1. The van der Waals surface area contributed by atoms with E-state index in [1.165, 1.54) is 18.0 Å². The lowest BCUT2D eigenvalue weighted by Crippen LogP contribution is -2.35. The van der Waals surface area contributed by atoms with Crippen LogP contribution in [-0.4, -0.2) is 27.9 Å². The molecule has 0 saturated heterocycles. The fraction of sp³-hybridized carbons (Fsp3) is 0.250. The number of aliphatic hydroxyl groups excluding tert-OH is 1. The number of furan rings is 1. The second-order valence-corrected chi connectivity index (χ2v) is 7.59. The summed E-state index contributed by atoms with van der Waals surface area (Å²) in [7, 11) is 0. The first-order valence-electron chi connectivity index (χ1n) is 7.14.